The second-order valence-electron chi connectivity index (χ2n) is 7.59. The van der Waals surface area contributed by atoms with Crippen LogP contribution in [0.4, 0.5) is 11.5 Å². The Labute approximate surface area is 180 Å². The number of nitrogens with one attached hydrogen (secondary N) is 1. The van der Waals surface area contributed by atoms with Crippen molar-refractivity contribution in [3.8, 4) is 5.69 Å². The lowest BCUT2D eigenvalue weighted by Crippen LogP contribution is -2.19. The van der Waals surface area contributed by atoms with E-state index in [1.165, 1.54) is 30.2 Å². The molecule has 7 nitrogen and oxygen atoms in total. The van der Waals surface area contributed by atoms with E-state index in [2.05, 4.69) is 57.4 Å². The van der Waals surface area contributed by atoms with Gasteiger partial charge in [0.05, 0.1) is 23.3 Å². The van der Waals surface area contributed by atoms with Gasteiger partial charge in [-0.1, -0.05) is 23.9 Å². The highest BCUT2D eigenvalue weighted by atomic mass is 32.2. The average molecular weight is 423 g/mol. The van der Waals surface area contributed by atoms with Crippen molar-refractivity contribution >= 4 is 29.2 Å². The largest absolute Gasteiger partial charge is 0.357 e. The average Bonchev–Trinajstić information content (AvgIpc) is 3.39. The summed E-state index contributed by atoms with van der Waals surface area (Å²) in [7, 11) is 0. The summed E-state index contributed by atoms with van der Waals surface area (Å²) in [6.07, 6.45) is 4.14. The Hall–Kier alpha value is -2.87. The van der Waals surface area contributed by atoms with E-state index >= 15 is 0 Å². The first-order valence-corrected chi connectivity index (χ1v) is 11.1. The molecule has 0 bridgehead atoms. The van der Waals surface area contributed by atoms with Crippen molar-refractivity contribution in [2.45, 2.75) is 38.8 Å². The summed E-state index contributed by atoms with van der Waals surface area (Å²) in [5.74, 6) is 1.92. The van der Waals surface area contributed by atoms with Gasteiger partial charge in [-0.05, 0) is 62.9 Å². The van der Waals surface area contributed by atoms with Gasteiger partial charge >= 0.3 is 0 Å². The molecule has 0 radical (unpaired) electrons. The second kappa shape index (κ2) is 8.87. The number of aromatic nitrogens is 4. The van der Waals surface area contributed by atoms with Crippen LogP contribution in [0.1, 0.15) is 29.8 Å². The van der Waals surface area contributed by atoms with Crippen molar-refractivity contribution in [2.75, 3.05) is 29.1 Å². The highest BCUT2D eigenvalue weighted by molar-refractivity contribution is 7.99. The highest BCUT2D eigenvalue weighted by Crippen LogP contribution is 2.25. The van der Waals surface area contributed by atoms with Crippen LogP contribution in [0.25, 0.3) is 5.69 Å². The molecule has 1 fully saturated rings. The van der Waals surface area contributed by atoms with E-state index in [1.807, 2.05) is 23.6 Å². The van der Waals surface area contributed by atoms with Crippen LogP contribution in [0.5, 0.6) is 0 Å². The van der Waals surface area contributed by atoms with Gasteiger partial charge in [0.1, 0.15) is 11.6 Å². The maximum absolute atomic E-state index is 12.5. The fourth-order valence-corrected chi connectivity index (χ4v) is 4.39. The minimum absolute atomic E-state index is 0.0936. The van der Waals surface area contributed by atoms with Gasteiger partial charge < -0.3 is 10.2 Å². The standard InChI is InChI=1S/C22H26N6OS/c1-15-6-7-16(2)19(12-15)28-17(3)25-26-22(28)30-14-21(29)24-18-8-9-20(23-13-18)27-10-4-5-11-27/h6-9,12-13H,4-5,10-11,14H2,1-3H3,(H,24,29). The lowest BCUT2D eigenvalue weighted by molar-refractivity contribution is -0.113. The van der Waals surface area contributed by atoms with Gasteiger partial charge in [0.25, 0.3) is 0 Å². The molecule has 4 rings (SSSR count). The smallest absolute Gasteiger partial charge is 0.234 e. The molecular weight excluding hydrogens is 396 g/mol. The quantitative estimate of drug-likeness (QED) is 0.607. The molecule has 1 aliphatic rings. The van der Waals surface area contributed by atoms with Crippen LogP contribution in [0.3, 0.4) is 0 Å². The molecule has 1 amide bonds. The van der Waals surface area contributed by atoms with Crippen LogP contribution in [0.15, 0.2) is 41.7 Å². The molecule has 30 heavy (non-hydrogen) atoms. The Morgan fingerprint density at radius 2 is 1.90 bits per heavy atom. The summed E-state index contributed by atoms with van der Waals surface area (Å²) < 4.78 is 2.01. The van der Waals surface area contributed by atoms with Crippen LogP contribution in [0, 0.1) is 20.8 Å². The zero-order valence-electron chi connectivity index (χ0n) is 17.6. The molecule has 1 saturated heterocycles. The fourth-order valence-electron chi connectivity index (χ4n) is 3.59. The first-order valence-electron chi connectivity index (χ1n) is 10.1. The molecule has 0 saturated carbocycles. The summed E-state index contributed by atoms with van der Waals surface area (Å²) in [6, 6.07) is 10.2. The van der Waals surface area contributed by atoms with Gasteiger partial charge in [-0.2, -0.15) is 0 Å². The lowest BCUT2D eigenvalue weighted by atomic mass is 10.1. The van der Waals surface area contributed by atoms with Crippen LogP contribution >= 0.6 is 11.8 Å². The number of hydrogen-bond donors (Lipinski definition) is 1. The minimum Gasteiger partial charge on any atom is -0.357 e. The number of pyridine rings is 1. The Morgan fingerprint density at radius 3 is 2.63 bits per heavy atom. The zero-order chi connectivity index (χ0) is 21.1. The number of thioether (sulfide) groups is 1. The van der Waals surface area contributed by atoms with Crippen LogP contribution in [0.2, 0.25) is 0 Å². The molecule has 0 aliphatic carbocycles. The van der Waals surface area contributed by atoms with Crippen molar-refractivity contribution in [3.05, 3.63) is 53.5 Å². The molecule has 3 aromatic rings. The number of carbonyl (C=O) groups excluding carboxylic acids is 1. The first kappa shape index (κ1) is 20.4. The number of amides is 1. The third-order valence-corrected chi connectivity index (χ3v) is 6.12. The van der Waals surface area contributed by atoms with Gasteiger partial charge in [-0.3, -0.25) is 9.36 Å². The summed E-state index contributed by atoms with van der Waals surface area (Å²) in [6.45, 7) is 8.15. The monoisotopic (exact) mass is 422 g/mol. The highest BCUT2D eigenvalue weighted by Gasteiger charge is 2.16. The SMILES string of the molecule is Cc1ccc(C)c(-n2c(C)nnc2SCC(=O)Nc2ccc(N3CCCC3)nc2)c1. The van der Waals surface area contributed by atoms with Crippen molar-refractivity contribution < 1.29 is 4.79 Å². The first-order chi connectivity index (χ1) is 14.5. The maximum Gasteiger partial charge on any atom is 0.234 e. The van der Waals surface area contributed by atoms with E-state index in [1.54, 1.807) is 6.20 Å². The van der Waals surface area contributed by atoms with Crippen LogP contribution in [-0.2, 0) is 4.79 Å². The van der Waals surface area contributed by atoms with Crippen molar-refractivity contribution in [2.24, 2.45) is 0 Å². The number of hydrogen-bond acceptors (Lipinski definition) is 6. The molecular formula is C22H26N6OS. The number of rotatable bonds is 6. The third kappa shape index (κ3) is 4.48. The number of carbonyl (C=O) groups is 1. The van der Waals surface area contributed by atoms with E-state index in [4.69, 9.17) is 0 Å². The number of anilines is 2. The van der Waals surface area contributed by atoms with E-state index < -0.39 is 0 Å². The number of benzene rings is 1. The minimum atomic E-state index is -0.0936. The Bertz CT molecular complexity index is 1040. The molecule has 3 heterocycles. The Morgan fingerprint density at radius 1 is 1.10 bits per heavy atom. The fraction of sp³-hybridized carbons (Fsp3) is 0.364. The normalized spacial score (nSPS) is 13.6. The van der Waals surface area contributed by atoms with Crippen LogP contribution < -0.4 is 10.2 Å². The molecule has 0 spiro atoms. The van der Waals surface area contributed by atoms with Crippen LogP contribution in [-0.4, -0.2) is 44.5 Å². The molecule has 8 heteroatoms. The van der Waals surface area contributed by atoms with Gasteiger partial charge in [0.2, 0.25) is 5.91 Å². The Kier molecular flexibility index (Phi) is 6.03. The lowest BCUT2D eigenvalue weighted by Gasteiger charge is -2.16. The van der Waals surface area contributed by atoms with E-state index in [9.17, 15) is 4.79 Å². The van der Waals surface area contributed by atoms with E-state index in [0.29, 0.717) is 10.8 Å². The summed E-state index contributed by atoms with van der Waals surface area (Å²) in [4.78, 5) is 19.2. The van der Waals surface area contributed by atoms with Crippen molar-refractivity contribution in [3.63, 3.8) is 0 Å². The molecule has 0 unspecified atom stereocenters. The third-order valence-electron chi connectivity index (χ3n) is 5.19. The summed E-state index contributed by atoms with van der Waals surface area (Å²) in [5, 5.41) is 12.1. The van der Waals surface area contributed by atoms with Gasteiger partial charge in [0, 0.05) is 13.1 Å². The molecule has 1 N–H and O–H groups in total. The Balaban J connectivity index is 1.40. The topological polar surface area (TPSA) is 75.9 Å². The molecule has 156 valence electrons. The van der Waals surface area contributed by atoms with Gasteiger partial charge in [-0.25, -0.2) is 4.98 Å². The summed E-state index contributed by atoms with van der Waals surface area (Å²) >= 11 is 1.38. The maximum atomic E-state index is 12.5. The predicted octanol–water partition coefficient (Wildman–Crippen LogP) is 3.92. The number of nitrogens with zero attached hydrogens (tertiary/aromatic N) is 5. The predicted molar refractivity (Wildman–Crippen MR) is 121 cm³/mol. The number of aryl methyl sites for hydroxylation is 3. The zero-order valence-corrected chi connectivity index (χ0v) is 18.4. The second-order valence-corrected chi connectivity index (χ2v) is 8.53. The molecule has 1 aromatic carbocycles. The van der Waals surface area contributed by atoms with E-state index in [-0.39, 0.29) is 11.7 Å². The van der Waals surface area contributed by atoms with Gasteiger partial charge in [-0.15, -0.1) is 10.2 Å². The van der Waals surface area contributed by atoms with Crippen molar-refractivity contribution in [1.82, 2.24) is 19.7 Å². The van der Waals surface area contributed by atoms with E-state index in [0.717, 1.165) is 36.0 Å². The van der Waals surface area contributed by atoms with Crippen molar-refractivity contribution in [1.29, 1.82) is 0 Å². The molecule has 0 atom stereocenters. The molecule has 1 aliphatic heterocycles. The molecule has 2 aromatic heterocycles. The summed E-state index contributed by atoms with van der Waals surface area (Å²) in [5.41, 5.74) is 4.05. The van der Waals surface area contributed by atoms with Gasteiger partial charge in [0.15, 0.2) is 5.16 Å².